The second-order valence-electron chi connectivity index (χ2n) is 5.70. The minimum absolute atomic E-state index is 0.0130. The number of hydrogen-bond acceptors (Lipinski definition) is 1. The smallest absolute Gasteiger partial charge is 0.233 e. The van der Waals surface area contributed by atoms with Crippen LogP contribution < -0.4 is 0 Å². The first-order chi connectivity index (χ1) is 11.4. The molecule has 0 saturated heterocycles. The molecule has 5 heteroatoms. The molecule has 0 atom stereocenters. The monoisotopic (exact) mass is 346 g/mol. The first-order valence-corrected chi connectivity index (χ1v) is 8.10. The van der Waals surface area contributed by atoms with E-state index in [1.807, 2.05) is 31.2 Å². The third kappa shape index (κ3) is 3.20. The topological polar surface area (TPSA) is 17.8 Å². The molecule has 1 aromatic heterocycles. The Morgan fingerprint density at radius 2 is 1.83 bits per heavy atom. The van der Waals surface area contributed by atoms with Crippen LogP contribution in [0.25, 0.3) is 16.9 Å². The van der Waals surface area contributed by atoms with Gasteiger partial charge in [-0.1, -0.05) is 42.8 Å². The van der Waals surface area contributed by atoms with Gasteiger partial charge in [0.1, 0.15) is 0 Å². The van der Waals surface area contributed by atoms with Crippen molar-refractivity contribution in [2.24, 2.45) is 0 Å². The van der Waals surface area contributed by atoms with Crippen molar-refractivity contribution in [1.82, 2.24) is 9.78 Å². The lowest BCUT2D eigenvalue weighted by Gasteiger charge is -2.16. The Balaban J connectivity index is 2.13. The predicted octanol–water partition coefficient (Wildman–Crippen LogP) is 6.00. The van der Waals surface area contributed by atoms with E-state index in [1.165, 1.54) is 19.1 Å². The van der Waals surface area contributed by atoms with Crippen molar-refractivity contribution in [2.45, 2.75) is 26.2 Å². The van der Waals surface area contributed by atoms with Crippen LogP contribution >= 0.6 is 11.6 Å². The number of benzene rings is 2. The standard InChI is InChI=1S/C19H17ClF2N2/c1-3-19(21,22)15-7-4-6-14(11-15)18-10-13(2)23-24(18)17-9-5-8-16(20)12-17/h4-12H,3H2,1-2H3. The molecule has 0 aliphatic rings. The average molecular weight is 347 g/mol. The van der Waals surface area contributed by atoms with E-state index in [0.29, 0.717) is 10.6 Å². The summed E-state index contributed by atoms with van der Waals surface area (Å²) in [5, 5.41) is 5.08. The summed E-state index contributed by atoms with van der Waals surface area (Å²) in [5.74, 6) is -2.84. The van der Waals surface area contributed by atoms with Crippen molar-refractivity contribution in [3.8, 4) is 16.9 Å². The zero-order valence-electron chi connectivity index (χ0n) is 13.4. The number of halogens is 3. The van der Waals surface area contributed by atoms with Gasteiger partial charge < -0.3 is 0 Å². The van der Waals surface area contributed by atoms with Crippen molar-refractivity contribution in [1.29, 1.82) is 0 Å². The highest BCUT2D eigenvalue weighted by molar-refractivity contribution is 6.30. The van der Waals surface area contributed by atoms with Crippen molar-refractivity contribution in [3.63, 3.8) is 0 Å². The minimum atomic E-state index is -2.84. The third-order valence-corrected chi connectivity index (χ3v) is 4.14. The number of aryl methyl sites for hydroxylation is 1. The van der Waals surface area contributed by atoms with Gasteiger partial charge in [-0.25, -0.2) is 13.5 Å². The summed E-state index contributed by atoms with van der Waals surface area (Å²) in [4.78, 5) is 0. The lowest BCUT2D eigenvalue weighted by Crippen LogP contribution is -2.11. The summed E-state index contributed by atoms with van der Waals surface area (Å²) in [6, 6.07) is 15.6. The van der Waals surface area contributed by atoms with Gasteiger partial charge >= 0.3 is 0 Å². The molecular formula is C19H17ClF2N2. The molecule has 0 aliphatic heterocycles. The number of hydrogen-bond donors (Lipinski definition) is 0. The normalized spacial score (nSPS) is 11.7. The Kier molecular flexibility index (Phi) is 4.41. The lowest BCUT2D eigenvalue weighted by atomic mass is 10.0. The van der Waals surface area contributed by atoms with Crippen LogP contribution in [-0.2, 0) is 5.92 Å². The molecule has 0 unspecified atom stereocenters. The van der Waals surface area contributed by atoms with Gasteiger partial charge in [0.15, 0.2) is 0 Å². The minimum Gasteiger partial charge on any atom is -0.233 e. The SMILES string of the molecule is CCC(F)(F)c1cccc(-c2cc(C)nn2-c2cccc(Cl)c2)c1. The first-order valence-electron chi connectivity index (χ1n) is 7.72. The molecule has 0 saturated carbocycles. The van der Waals surface area contributed by atoms with Crippen LogP contribution in [0.15, 0.2) is 54.6 Å². The van der Waals surface area contributed by atoms with Crippen LogP contribution in [0.3, 0.4) is 0 Å². The van der Waals surface area contributed by atoms with Gasteiger partial charge in [0.05, 0.1) is 17.1 Å². The van der Waals surface area contributed by atoms with Gasteiger partial charge in [0, 0.05) is 22.6 Å². The molecule has 24 heavy (non-hydrogen) atoms. The van der Waals surface area contributed by atoms with E-state index >= 15 is 0 Å². The molecular weight excluding hydrogens is 330 g/mol. The number of nitrogens with zero attached hydrogens (tertiary/aromatic N) is 2. The molecule has 0 radical (unpaired) electrons. The number of rotatable bonds is 4. The predicted molar refractivity (Wildman–Crippen MR) is 92.9 cm³/mol. The third-order valence-electron chi connectivity index (χ3n) is 3.91. The summed E-state index contributed by atoms with van der Waals surface area (Å²) < 4.78 is 29.8. The molecule has 2 aromatic carbocycles. The fourth-order valence-electron chi connectivity index (χ4n) is 2.62. The van der Waals surface area contributed by atoms with E-state index in [9.17, 15) is 8.78 Å². The van der Waals surface area contributed by atoms with E-state index in [-0.39, 0.29) is 12.0 Å². The highest BCUT2D eigenvalue weighted by Gasteiger charge is 2.29. The van der Waals surface area contributed by atoms with Gasteiger partial charge in [0.2, 0.25) is 0 Å². The Morgan fingerprint density at radius 3 is 2.54 bits per heavy atom. The lowest BCUT2D eigenvalue weighted by molar-refractivity contribution is -0.00824. The Morgan fingerprint density at radius 1 is 1.08 bits per heavy atom. The molecule has 0 fully saturated rings. The zero-order valence-corrected chi connectivity index (χ0v) is 14.2. The van der Waals surface area contributed by atoms with Crippen LogP contribution in [0.4, 0.5) is 8.78 Å². The molecule has 0 amide bonds. The summed E-state index contributed by atoms with van der Waals surface area (Å²) in [7, 11) is 0. The fraction of sp³-hybridized carbons (Fsp3) is 0.211. The Labute approximate surface area is 144 Å². The van der Waals surface area contributed by atoms with Crippen molar-refractivity contribution >= 4 is 11.6 Å². The number of alkyl halides is 2. The van der Waals surface area contributed by atoms with E-state index in [1.54, 1.807) is 22.9 Å². The molecule has 0 N–H and O–H groups in total. The molecule has 0 spiro atoms. The summed E-state index contributed by atoms with van der Waals surface area (Å²) >= 11 is 6.06. The van der Waals surface area contributed by atoms with Crippen LogP contribution in [0.1, 0.15) is 24.6 Å². The molecule has 124 valence electrons. The van der Waals surface area contributed by atoms with E-state index in [2.05, 4.69) is 5.10 Å². The number of aromatic nitrogens is 2. The second kappa shape index (κ2) is 6.36. The maximum atomic E-state index is 14.0. The van der Waals surface area contributed by atoms with Crippen LogP contribution in [0, 0.1) is 6.92 Å². The van der Waals surface area contributed by atoms with Crippen LogP contribution in [-0.4, -0.2) is 9.78 Å². The maximum absolute atomic E-state index is 14.0. The van der Waals surface area contributed by atoms with Crippen molar-refractivity contribution < 1.29 is 8.78 Å². The van der Waals surface area contributed by atoms with E-state index in [4.69, 9.17) is 11.6 Å². The van der Waals surface area contributed by atoms with E-state index < -0.39 is 5.92 Å². The molecule has 1 heterocycles. The van der Waals surface area contributed by atoms with Gasteiger partial charge in [0.25, 0.3) is 5.92 Å². The molecule has 0 bridgehead atoms. The second-order valence-corrected chi connectivity index (χ2v) is 6.14. The molecule has 2 nitrogen and oxygen atoms in total. The zero-order chi connectivity index (χ0) is 17.3. The fourth-order valence-corrected chi connectivity index (χ4v) is 2.80. The van der Waals surface area contributed by atoms with Crippen molar-refractivity contribution in [3.05, 3.63) is 70.9 Å². The van der Waals surface area contributed by atoms with Crippen LogP contribution in [0.2, 0.25) is 5.02 Å². The highest BCUT2D eigenvalue weighted by atomic mass is 35.5. The van der Waals surface area contributed by atoms with E-state index in [0.717, 1.165) is 17.1 Å². The quantitative estimate of drug-likeness (QED) is 0.566. The Hall–Kier alpha value is -2.20. The van der Waals surface area contributed by atoms with Gasteiger partial charge in [-0.05, 0) is 37.3 Å². The van der Waals surface area contributed by atoms with Crippen molar-refractivity contribution in [2.75, 3.05) is 0 Å². The summed E-state index contributed by atoms with van der Waals surface area (Å²) in [6.45, 7) is 3.35. The summed E-state index contributed by atoms with van der Waals surface area (Å²) in [6.07, 6.45) is -0.233. The largest absolute Gasteiger partial charge is 0.273 e. The van der Waals surface area contributed by atoms with Gasteiger partial charge in [-0.2, -0.15) is 5.10 Å². The van der Waals surface area contributed by atoms with Crippen LogP contribution in [0.5, 0.6) is 0 Å². The highest BCUT2D eigenvalue weighted by Crippen LogP contribution is 2.34. The molecule has 3 aromatic rings. The maximum Gasteiger partial charge on any atom is 0.273 e. The van der Waals surface area contributed by atoms with Gasteiger partial charge in [-0.3, -0.25) is 0 Å². The molecule has 3 rings (SSSR count). The summed E-state index contributed by atoms with van der Waals surface area (Å²) in [5.41, 5.74) is 3.06. The Bertz CT molecular complexity index is 871. The molecule has 0 aliphatic carbocycles. The average Bonchev–Trinajstić information content (AvgIpc) is 2.97. The first kappa shape index (κ1) is 16.7. The van der Waals surface area contributed by atoms with Gasteiger partial charge in [-0.15, -0.1) is 0 Å².